The van der Waals surface area contributed by atoms with E-state index in [9.17, 15) is 0 Å². The number of piperidine rings is 1. The van der Waals surface area contributed by atoms with Gasteiger partial charge in [-0.1, -0.05) is 47.5 Å². The molecule has 1 saturated carbocycles. The van der Waals surface area contributed by atoms with Gasteiger partial charge in [-0.05, 0) is 43.2 Å². The predicted molar refractivity (Wildman–Crippen MR) is 117 cm³/mol. The third-order valence-corrected chi connectivity index (χ3v) is 8.41. The number of nitrogens with zero attached hydrogens (tertiary/aromatic N) is 5. The number of aromatic nitrogens is 4. The Kier molecular flexibility index (Phi) is 5.10. The summed E-state index contributed by atoms with van der Waals surface area (Å²) in [5.41, 5.74) is 7.48. The lowest BCUT2D eigenvalue weighted by molar-refractivity contribution is 0.197. The van der Waals surface area contributed by atoms with E-state index in [1.54, 1.807) is 12.4 Å². The molecule has 0 radical (unpaired) electrons. The van der Waals surface area contributed by atoms with Crippen molar-refractivity contribution in [3.63, 3.8) is 0 Å². The molecule has 29 heavy (non-hydrogen) atoms. The Morgan fingerprint density at radius 1 is 1.14 bits per heavy atom. The van der Waals surface area contributed by atoms with Gasteiger partial charge in [0.1, 0.15) is 11.4 Å². The third kappa shape index (κ3) is 3.38. The van der Waals surface area contributed by atoms with Crippen molar-refractivity contribution in [3.05, 3.63) is 40.8 Å². The normalized spacial score (nSPS) is 21.3. The maximum absolute atomic E-state index is 6.44. The fraction of sp³-hybridized carbons (Fsp3) is 0.450. The molecule has 5 rings (SSSR count). The van der Waals surface area contributed by atoms with Crippen LogP contribution in [0.2, 0.25) is 10.0 Å². The Hall–Kier alpha value is -1.54. The average molecular weight is 449 g/mol. The van der Waals surface area contributed by atoms with E-state index in [1.165, 1.54) is 24.6 Å². The molecular formula is C20H22Cl2N6S. The highest BCUT2D eigenvalue weighted by molar-refractivity contribution is 7.99. The number of halogens is 2. The second-order valence-corrected chi connectivity index (χ2v) is 9.73. The molecule has 0 amide bonds. The first-order valence-corrected chi connectivity index (χ1v) is 11.5. The van der Waals surface area contributed by atoms with E-state index in [0.29, 0.717) is 21.5 Å². The topological polar surface area (TPSA) is 72.3 Å². The molecule has 1 unspecified atom stereocenters. The number of hydrogen-bond donors (Lipinski definition) is 1. The van der Waals surface area contributed by atoms with E-state index >= 15 is 0 Å². The highest BCUT2D eigenvalue weighted by atomic mass is 35.5. The van der Waals surface area contributed by atoms with Crippen LogP contribution in [0.3, 0.4) is 0 Å². The van der Waals surface area contributed by atoms with Gasteiger partial charge in [-0.25, -0.2) is 9.97 Å². The highest BCUT2D eigenvalue weighted by Gasteiger charge is 2.43. The zero-order chi connectivity index (χ0) is 20.0. The first-order chi connectivity index (χ1) is 14.1. The van der Waals surface area contributed by atoms with Crippen molar-refractivity contribution >= 4 is 46.4 Å². The standard InChI is InChI=1S/C20H22Cl2N6S/c21-13-3-1-4-14(17(13)22)29-19-18-25-12-26-28(18)16(11-24-19)27-9-7-20(8-10-27)6-2-5-15(20)23/h1,3-4,11-12,15H,2,5-10,23H2. The van der Waals surface area contributed by atoms with Crippen LogP contribution in [-0.2, 0) is 0 Å². The van der Waals surface area contributed by atoms with Gasteiger partial charge >= 0.3 is 0 Å². The van der Waals surface area contributed by atoms with Gasteiger partial charge in [0.25, 0.3) is 0 Å². The smallest absolute Gasteiger partial charge is 0.190 e. The largest absolute Gasteiger partial charge is 0.355 e. The van der Waals surface area contributed by atoms with Crippen LogP contribution in [0.1, 0.15) is 32.1 Å². The molecule has 152 valence electrons. The van der Waals surface area contributed by atoms with Gasteiger partial charge < -0.3 is 10.6 Å². The summed E-state index contributed by atoms with van der Waals surface area (Å²) in [6, 6.07) is 5.92. The second-order valence-electron chi connectivity index (χ2n) is 7.92. The van der Waals surface area contributed by atoms with Crippen LogP contribution in [0.4, 0.5) is 5.82 Å². The minimum atomic E-state index is 0.324. The Morgan fingerprint density at radius 2 is 1.97 bits per heavy atom. The third-order valence-electron chi connectivity index (χ3n) is 6.44. The molecule has 1 aliphatic carbocycles. The van der Waals surface area contributed by atoms with Crippen molar-refractivity contribution < 1.29 is 0 Å². The molecule has 0 bridgehead atoms. The van der Waals surface area contributed by atoms with Crippen LogP contribution < -0.4 is 10.6 Å². The molecule has 2 fully saturated rings. The molecule has 1 spiro atoms. The van der Waals surface area contributed by atoms with Crippen LogP contribution in [0.25, 0.3) is 5.65 Å². The monoisotopic (exact) mass is 448 g/mol. The van der Waals surface area contributed by atoms with Crippen molar-refractivity contribution in [2.24, 2.45) is 11.1 Å². The number of nitrogens with two attached hydrogens (primary N) is 1. The summed E-state index contributed by atoms with van der Waals surface area (Å²) >= 11 is 13.9. The minimum Gasteiger partial charge on any atom is -0.355 e. The highest BCUT2D eigenvalue weighted by Crippen LogP contribution is 2.46. The van der Waals surface area contributed by atoms with E-state index in [1.807, 2.05) is 22.8 Å². The maximum atomic E-state index is 6.44. The zero-order valence-corrected chi connectivity index (χ0v) is 18.2. The molecule has 1 atom stereocenters. The summed E-state index contributed by atoms with van der Waals surface area (Å²) < 4.78 is 1.88. The van der Waals surface area contributed by atoms with Crippen LogP contribution in [0.15, 0.2) is 40.6 Å². The lowest BCUT2D eigenvalue weighted by Gasteiger charge is -2.42. The number of benzene rings is 1. The van der Waals surface area contributed by atoms with E-state index in [-0.39, 0.29) is 0 Å². The van der Waals surface area contributed by atoms with Crippen molar-refractivity contribution in [3.8, 4) is 0 Å². The summed E-state index contributed by atoms with van der Waals surface area (Å²) in [6.07, 6.45) is 9.38. The zero-order valence-electron chi connectivity index (χ0n) is 15.9. The molecule has 6 nitrogen and oxygen atoms in total. The van der Waals surface area contributed by atoms with Gasteiger partial charge in [-0.15, -0.1) is 0 Å². The number of fused-ring (bicyclic) bond motifs is 1. The van der Waals surface area contributed by atoms with Gasteiger partial charge in [0.05, 0.1) is 16.2 Å². The lowest BCUT2D eigenvalue weighted by atomic mass is 9.74. The molecular weight excluding hydrogens is 427 g/mol. The van der Waals surface area contributed by atoms with E-state index < -0.39 is 0 Å². The predicted octanol–water partition coefficient (Wildman–Crippen LogP) is 4.68. The fourth-order valence-corrected chi connectivity index (χ4v) is 6.07. The molecule has 1 aliphatic heterocycles. The Labute approximate surface area is 183 Å². The Morgan fingerprint density at radius 3 is 2.72 bits per heavy atom. The minimum absolute atomic E-state index is 0.324. The average Bonchev–Trinajstić information content (AvgIpc) is 3.35. The molecule has 3 aromatic rings. The number of anilines is 1. The molecule has 9 heteroatoms. The van der Waals surface area contributed by atoms with Gasteiger partial charge in [0, 0.05) is 24.0 Å². The number of hydrogen-bond acceptors (Lipinski definition) is 6. The summed E-state index contributed by atoms with van der Waals surface area (Å²) in [6.45, 7) is 1.94. The fourth-order valence-electron chi connectivity index (χ4n) is 4.71. The van der Waals surface area contributed by atoms with Gasteiger partial charge in [0.15, 0.2) is 11.5 Å². The van der Waals surface area contributed by atoms with E-state index in [0.717, 1.165) is 53.7 Å². The van der Waals surface area contributed by atoms with Crippen LogP contribution in [-0.4, -0.2) is 38.7 Å². The number of rotatable bonds is 3. The molecule has 3 heterocycles. The van der Waals surface area contributed by atoms with Crippen molar-refractivity contribution in [2.75, 3.05) is 18.0 Å². The molecule has 1 saturated heterocycles. The first kappa shape index (κ1) is 19.4. The van der Waals surface area contributed by atoms with Gasteiger partial charge in [-0.3, -0.25) is 0 Å². The van der Waals surface area contributed by atoms with Gasteiger partial charge in [-0.2, -0.15) is 9.61 Å². The SMILES string of the molecule is NC1CCCC12CCN(c1cnc(Sc3cccc(Cl)c3Cl)c3ncnn13)CC2. The van der Waals surface area contributed by atoms with Crippen LogP contribution in [0.5, 0.6) is 0 Å². The molecule has 2 aliphatic rings. The quantitative estimate of drug-likeness (QED) is 0.626. The van der Waals surface area contributed by atoms with E-state index in [2.05, 4.69) is 15.0 Å². The molecule has 2 aromatic heterocycles. The summed E-state index contributed by atoms with van der Waals surface area (Å²) in [5.74, 6) is 0.973. The van der Waals surface area contributed by atoms with Gasteiger partial charge in [0.2, 0.25) is 0 Å². The first-order valence-electron chi connectivity index (χ1n) is 9.88. The van der Waals surface area contributed by atoms with Crippen molar-refractivity contribution in [1.29, 1.82) is 0 Å². The van der Waals surface area contributed by atoms with E-state index in [4.69, 9.17) is 33.9 Å². The van der Waals surface area contributed by atoms with Crippen molar-refractivity contribution in [1.82, 2.24) is 19.6 Å². The Bertz CT molecular complexity index is 1050. The molecule has 1 aromatic carbocycles. The second kappa shape index (κ2) is 7.61. The Balaban J connectivity index is 1.42. The summed E-state index contributed by atoms with van der Waals surface area (Å²) in [7, 11) is 0. The summed E-state index contributed by atoms with van der Waals surface area (Å²) in [5, 5.41) is 6.27. The lowest BCUT2D eigenvalue weighted by Crippen LogP contribution is -2.47. The van der Waals surface area contributed by atoms with Crippen molar-refractivity contribution in [2.45, 2.75) is 48.1 Å². The summed E-state index contributed by atoms with van der Waals surface area (Å²) in [4.78, 5) is 12.3. The van der Waals surface area contributed by atoms with Crippen LogP contribution in [0, 0.1) is 5.41 Å². The van der Waals surface area contributed by atoms with Crippen LogP contribution >= 0.6 is 35.0 Å². The molecule has 2 N–H and O–H groups in total. The maximum Gasteiger partial charge on any atom is 0.190 e.